The van der Waals surface area contributed by atoms with Gasteiger partial charge in [-0.2, -0.15) is 0 Å². The fourth-order valence-corrected chi connectivity index (χ4v) is 2.95. The smallest absolute Gasteiger partial charge is 0.246 e. The molecule has 1 aromatic carbocycles. The first-order chi connectivity index (χ1) is 9.03. The summed E-state index contributed by atoms with van der Waals surface area (Å²) in [5.41, 5.74) is 1.74. The number of nitrogens with one attached hydrogen (secondary N) is 1. The minimum absolute atomic E-state index is 0.0207. The normalized spacial score (nSPS) is 15.0. The van der Waals surface area contributed by atoms with Gasteiger partial charge in [-0.05, 0) is 18.6 Å². The summed E-state index contributed by atoms with van der Waals surface area (Å²) in [4.78, 5) is 13.6. The summed E-state index contributed by atoms with van der Waals surface area (Å²) >= 11 is 0. The van der Waals surface area contributed by atoms with E-state index >= 15 is 0 Å². The van der Waals surface area contributed by atoms with Crippen LogP contribution in [0.5, 0.6) is 0 Å². The van der Waals surface area contributed by atoms with Crippen LogP contribution in [0.25, 0.3) is 0 Å². The van der Waals surface area contributed by atoms with E-state index in [1.165, 1.54) is 0 Å². The Kier molecular flexibility index (Phi) is 4.09. The van der Waals surface area contributed by atoms with Crippen LogP contribution in [-0.4, -0.2) is 38.9 Å². The molecule has 0 bridgehead atoms. The van der Waals surface area contributed by atoms with Crippen molar-refractivity contribution in [1.29, 1.82) is 0 Å². The number of sulfone groups is 1. The molecule has 0 atom stereocenters. The topological polar surface area (TPSA) is 66.5 Å². The molecule has 0 saturated heterocycles. The Bertz CT molecular complexity index is 569. The second-order valence-corrected chi connectivity index (χ2v) is 6.98. The average molecular weight is 282 g/mol. The van der Waals surface area contributed by atoms with E-state index in [1.54, 1.807) is 11.8 Å². The van der Waals surface area contributed by atoms with E-state index in [0.717, 1.165) is 11.4 Å². The Balaban J connectivity index is 2.06. The van der Waals surface area contributed by atoms with Gasteiger partial charge in [-0.1, -0.05) is 19.1 Å². The van der Waals surface area contributed by atoms with E-state index in [1.807, 2.05) is 24.3 Å². The molecule has 1 N–H and O–H groups in total. The summed E-state index contributed by atoms with van der Waals surface area (Å²) in [6, 6.07) is 7.56. The highest BCUT2D eigenvalue weighted by molar-refractivity contribution is 7.91. The Morgan fingerprint density at radius 2 is 2.05 bits per heavy atom. The molecule has 0 saturated carbocycles. The molecule has 0 aromatic heterocycles. The zero-order valence-electron chi connectivity index (χ0n) is 10.9. The molecule has 19 heavy (non-hydrogen) atoms. The predicted molar refractivity (Wildman–Crippen MR) is 76.2 cm³/mol. The van der Waals surface area contributed by atoms with Crippen molar-refractivity contribution in [2.75, 3.05) is 34.8 Å². The number of amides is 1. The van der Waals surface area contributed by atoms with Crippen LogP contribution in [-0.2, 0) is 14.6 Å². The molecule has 2 rings (SSSR count). The number of fused-ring (bicyclic) bond motifs is 1. The summed E-state index contributed by atoms with van der Waals surface area (Å²) < 4.78 is 22.9. The van der Waals surface area contributed by atoms with Crippen molar-refractivity contribution >= 4 is 27.1 Å². The van der Waals surface area contributed by atoms with Gasteiger partial charge in [0, 0.05) is 12.3 Å². The quantitative estimate of drug-likeness (QED) is 0.883. The largest absolute Gasteiger partial charge is 0.374 e. The lowest BCUT2D eigenvalue weighted by molar-refractivity contribution is -0.117. The Labute approximate surface area is 113 Å². The summed E-state index contributed by atoms with van der Waals surface area (Å²) in [7, 11) is -2.97. The first-order valence-corrected chi connectivity index (χ1v) is 8.19. The third-order valence-electron chi connectivity index (χ3n) is 3.20. The highest BCUT2D eigenvalue weighted by Crippen LogP contribution is 2.28. The van der Waals surface area contributed by atoms with E-state index in [4.69, 9.17) is 0 Å². The van der Waals surface area contributed by atoms with Crippen molar-refractivity contribution in [3.8, 4) is 0 Å². The van der Waals surface area contributed by atoms with Crippen LogP contribution in [0.2, 0.25) is 0 Å². The molecule has 0 aliphatic carbocycles. The SMILES string of the molecule is CCS(=O)(=O)CCCN1C(=O)CNc2ccccc21. The minimum atomic E-state index is -2.97. The lowest BCUT2D eigenvalue weighted by atomic mass is 10.2. The lowest BCUT2D eigenvalue weighted by Gasteiger charge is -2.30. The summed E-state index contributed by atoms with van der Waals surface area (Å²) in [5, 5.41) is 3.05. The van der Waals surface area contributed by atoms with E-state index in [2.05, 4.69) is 5.32 Å². The molecule has 0 radical (unpaired) electrons. The molecule has 1 aliphatic rings. The van der Waals surface area contributed by atoms with Crippen LogP contribution in [0.1, 0.15) is 13.3 Å². The van der Waals surface area contributed by atoms with Gasteiger partial charge in [0.15, 0.2) is 0 Å². The molecular formula is C13H18N2O3S. The summed E-state index contributed by atoms with van der Waals surface area (Å²) in [6.07, 6.45) is 0.468. The first kappa shape index (κ1) is 13.9. The van der Waals surface area contributed by atoms with Gasteiger partial charge < -0.3 is 10.2 Å². The second-order valence-electron chi connectivity index (χ2n) is 4.51. The Hall–Kier alpha value is -1.56. The molecule has 5 nitrogen and oxygen atoms in total. The predicted octanol–water partition coefficient (Wildman–Crippen LogP) is 1.27. The summed E-state index contributed by atoms with van der Waals surface area (Å²) in [6.45, 7) is 2.34. The van der Waals surface area contributed by atoms with Gasteiger partial charge in [0.05, 0.1) is 23.7 Å². The van der Waals surface area contributed by atoms with Gasteiger partial charge in [-0.15, -0.1) is 0 Å². The van der Waals surface area contributed by atoms with Crippen LogP contribution in [0.4, 0.5) is 11.4 Å². The van der Waals surface area contributed by atoms with Crippen LogP contribution < -0.4 is 10.2 Å². The molecule has 1 aromatic rings. The van der Waals surface area contributed by atoms with Crippen molar-refractivity contribution in [3.63, 3.8) is 0 Å². The average Bonchev–Trinajstić information content (AvgIpc) is 2.41. The van der Waals surface area contributed by atoms with Crippen molar-refractivity contribution in [1.82, 2.24) is 0 Å². The molecule has 104 valence electrons. The minimum Gasteiger partial charge on any atom is -0.374 e. The number of hydrogen-bond acceptors (Lipinski definition) is 4. The standard InChI is InChI=1S/C13H18N2O3S/c1-2-19(17,18)9-5-8-15-12-7-4-3-6-11(12)14-10-13(15)16/h3-4,6-7,14H,2,5,8-10H2,1H3. The number of carbonyl (C=O) groups is 1. The maximum atomic E-state index is 11.9. The van der Waals surface area contributed by atoms with Gasteiger partial charge in [-0.25, -0.2) is 8.42 Å². The number of nitrogens with zero attached hydrogens (tertiary/aromatic N) is 1. The number of rotatable bonds is 5. The van der Waals surface area contributed by atoms with E-state index in [9.17, 15) is 13.2 Å². The Morgan fingerprint density at radius 3 is 2.79 bits per heavy atom. The zero-order chi connectivity index (χ0) is 13.9. The van der Waals surface area contributed by atoms with Gasteiger partial charge in [0.1, 0.15) is 9.84 Å². The third-order valence-corrected chi connectivity index (χ3v) is 4.99. The molecule has 0 spiro atoms. The molecule has 6 heteroatoms. The molecule has 1 heterocycles. The van der Waals surface area contributed by atoms with Crippen LogP contribution in [0, 0.1) is 0 Å². The van der Waals surface area contributed by atoms with Crippen molar-refractivity contribution < 1.29 is 13.2 Å². The highest BCUT2D eigenvalue weighted by Gasteiger charge is 2.23. The molecular weight excluding hydrogens is 264 g/mol. The molecule has 0 unspecified atom stereocenters. The second kappa shape index (κ2) is 5.61. The van der Waals surface area contributed by atoms with Crippen molar-refractivity contribution in [2.45, 2.75) is 13.3 Å². The number of benzene rings is 1. The number of carbonyl (C=O) groups excluding carboxylic acids is 1. The van der Waals surface area contributed by atoms with Crippen LogP contribution in [0.3, 0.4) is 0 Å². The summed E-state index contributed by atoms with van der Waals surface area (Å²) in [5.74, 6) is 0.259. The number of hydrogen-bond donors (Lipinski definition) is 1. The number of anilines is 2. The fraction of sp³-hybridized carbons (Fsp3) is 0.462. The van der Waals surface area contributed by atoms with Crippen molar-refractivity contribution in [3.05, 3.63) is 24.3 Å². The first-order valence-electron chi connectivity index (χ1n) is 6.37. The number of para-hydroxylation sites is 2. The Morgan fingerprint density at radius 1 is 1.32 bits per heavy atom. The molecule has 0 fully saturated rings. The maximum absolute atomic E-state index is 11.9. The third kappa shape index (κ3) is 3.26. The molecule has 1 amide bonds. The molecule has 1 aliphatic heterocycles. The van der Waals surface area contributed by atoms with Crippen LogP contribution in [0.15, 0.2) is 24.3 Å². The van der Waals surface area contributed by atoms with E-state index in [-0.39, 0.29) is 24.0 Å². The van der Waals surface area contributed by atoms with Gasteiger partial charge >= 0.3 is 0 Å². The van der Waals surface area contributed by atoms with E-state index in [0.29, 0.717) is 13.0 Å². The van der Waals surface area contributed by atoms with E-state index < -0.39 is 9.84 Å². The highest BCUT2D eigenvalue weighted by atomic mass is 32.2. The van der Waals surface area contributed by atoms with Crippen molar-refractivity contribution in [2.24, 2.45) is 0 Å². The van der Waals surface area contributed by atoms with Gasteiger partial charge in [-0.3, -0.25) is 4.79 Å². The van der Waals surface area contributed by atoms with Crippen LogP contribution >= 0.6 is 0 Å². The monoisotopic (exact) mass is 282 g/mol. The fourth-order valence-electron chi connectivity index (χ4n) is 2.09. The maximum Gasteiger partial charge on any atom is 0.246 e. The zero-order valence-corrected chi connectivity index (χ0v) is 11.7. The van der Waals surface area contributed by atoms with Gasteiger partial charge in [0.2, 0.25) is 5.91 Å². The van der Waals surface area contributed by atoms with Gasteiger partial charge in [0.25, 0.3) is 0 Å². The lowest BCUT2D eigenvalue weighted by Crippen LogP contribution is -2.40.